The number of carbonyl (C=O) groups excluding carboxylic acids is 3. The minimum Gasteiger partial charge on any atom is -0.434 e. The highest BCUT2D eigenvalue weighted by Gasteiger charge is 2.26. The van der Waals surface area contributed by atoms with Gasteiger partial charge in [-0.15, -0.1) is 0 Å². The fourth-order valence-electron chi connectivity index (χ4n) is 4.12. The van der Waals surface area contributed by atoms with Gasteiger partial charge >= 0.3 is 6.61 Å². The number of nitrogens with one attached hydrogen (secondary N) is 2. The topological polar surface area (TPSA) is 91.0 Å². The van der Waals surface area contributed by atoms with Crippen molar-refractivity contribution in [3.05, 3.63) is 58.7 Å². The smallest absolute Gasteiger partial charge is 0.387 e. The first-order chi connectivity index (χ1) is 16.6. The molecule has 8 nitrogen and oxygen atoms in total. The summed E-state index contributed by atoms with van der Waals surface area (Å²) in [6.45, 7) is 4.29. The number of carbonyl (C=O) groups is 3. The maximum absolute atomic E-state index is 12.8. The summed E-state index contributed by atoms with van der Waals surface area (Å²) in [5.74, 6) is -1.17. The van der Waals surface area contributed by atoms with Crippen LogP contribution in [0.15, 0.2) is 36.4 Å². The van der Waals surface area contributed by atoms with Crippen molar-refractivity contribution in [2.75, 3.05) is 44.6 Å². The van der Waals surface area contributed by atoms with E-state index in [2.05, 4.69) is 15.4 Å². The fourth-order valence-corrected chi connectivity index (χ4v) is 4.12. The van der Waals surface area contributed by atoms with Gasteiger partial charge in [0.05, 0.1) is 18.7 Å². The van der Waals surface area contributed by atoms with Gasteiger partial charge in [0.25, 0.3) is 5.91 Å². The van der Waals surface area contributed by atoms with Crippen LogP contribution in [0.3, 0.4) is 0 Å². The summed E-state index contributed by atoms with van der Waals surface area (Å²) in [7, 11) is 0. The van der Waals surface area contributed by atoms with E-state index in [1.807, 2.05) is 37.8 Å². The predicted octanol–water partition coefficient (Wildman–Crippen LogP) is 2.73. The number of hydrogen-bond acceptors (Lipinski definition) is 5. The molecule has 0 radical (unpaired) electrons. The SMILES string of the molecule is Cc1cc(C)c(NC(=O)CNC(=O)CN2CCN(C(=O)c3ccccc3OC(F)F)CC2)c(C)c1. The standard InChI is InChI=1S/C25H30F2N4O4/c1-16-12-17(2)23(18(3)13-16)29-21(32)14-28-22(33)15-30-8-10-31(11-9-30)24(34)19-6-4-5-7-20(19)35-25(26)27/h4-7,12-13,25H,8-11,14-15H2,1-3H3,(H,28,33)(H,29,32). The third-order valence-corrected chi connectivity index (χ3v) is 5.75. The monoisotopic (exact) mass is 488 g/mol. The van der Waals surface area contributed by atoms with Crippen LogP contribution in [0.25, 0.3) is 0 Å². The number of nitrogens with zero attached hydrogens (tertiary/aromatic N) is 2. The van der Waals surface area contributed by atoms with E-state index in [1.54, 1.807) is 11.0 Å². The van der Waals surface area contributed by atoms with Gasteiger partial charge in [0.2, 0.25) is 11.8 Å². The number of piperazine rings is 1. The molecule has 0 atom stereocenters. The van der Waals surface area contributed by atoms with Gasteiger partial charge in [-0.05, 0) is 44.0 Å². The second-order valence-corrected chi connectivity index (χ2v) is 8.54. The molecule has 0 saturated carbocycles. The highest BCUT2D eigenvalue weighted by Crippen LogP contribution is 2.23. The van der Waals surface area contributed by atoms with Crippen molar-refractivity contribution in [1.82, 2.24) is 15.1 Å². The van der Waals surface area contributed by atoms with Crippen molar-refractivity contribution in [1.29, 1.82) is 0 Å². The lowest BCUT2D eigenvalue weighted by molar-refractivity contribution is -0.125. The zero-order valence-corrected chi connectivity index (χ0v) is 20.1. The first kappa shape index (κ1) is 26.1. The molecule has 3 amide bonds. The van der Waals surface area contributed by atoms with Crippen molar-refractivity contribution < 1.29 is 27.9 Å². The number of ether oxygens (including phenoxy) is 1. The van der Waals surface area contributed by atoms with Gasteiger partial charge in [0, 0.05) is 31.9 Å². The lowest BCUT2D eigenvalue weighted by Gasteiger charge is -2.34. The van der Waals surface area contributed by atoms with E-state index < -0.39 is 12.5 Å². The average Bonchev–Trinajstić information content (AvgIpc) is 2.80. The molecule has 2 aromatic rings. The van der Waals surface area contributed by atoms with Crippen LogP contribution in [0.5, 0.6) is 5.75 Å². The number of benzene rings is 2. The van der Waals surface area contributed by atoms with Gasteiger partial charge in [0.15, 0.2) is 0 Å². The van der Waals surface area contributed by atoms with E-state index in [9.17, 15) is 23.2 Å². The van der Waals surface area contributed by atoms with E-state index in [0.717, 1.165) is 22.4 Å². The Morgan fingerprint density at radius 3 is 2.23 bits per heavy atom. The van der Waals surface area contributed by atoms with Crippen molar-refractivity contribution in [2.24, 2.45) is 0 Å². The molecule has 1 aliphatic rings. The Kier molecular flexibility index (Phi) is 8.75. The molecule has 1 saturated heterocycles. The van der Waals surface area contributed by atoms with E-state index >= 15 is 0 Å². The van der Waals surface area contributed by atoms with Gasteiger partial charge in [-0.2, -0.15) is 8.78 Å². The van der Waals surface area contributed by atoms with Crippen LogP contribution >= 0.6 is 0 Å². The quantitative estimate of drug-likeness (QED) is 0.596. The Hall–Kier alpha value is -3.53. The van der Waals surface area contributed by atoms with E-state index in [-0.39, 0.29) is 36.2 Å². The molecule has 0 unspecified atom stereocenters. The Balaban J connectivity index is 1.44. The number of amides is 3. The minimum absolute atomic E-state index is 0.0732. The molecule has 1 fully saturated rings. The summed E-state index contributed by atoms with van der Waals surface area (Å²) in [6.07, 6.45) is 0. The number of para-hydroxylation sites is 1. The first-order valence-electron chi connectivity index (χ1n) is 11.3. The summed E-state index contributed by atoms with van der Waals surface area (Å²) in [5.41, 5.74) is 3.84. The molecular weight excluding hydrogens is 458 g/mol. The molecule has 1 heterocycles. The van der Waals surface area contributed by atoms with Crippen LogP contribution in [-0.4, -0.2) is 73.4 Å². The Bertz CT molecular complexity index is 1060. The summed E-state index contributed by atoms with van der Waals surface area (Å²) in [5, 5.41) is 5.47. The molecule has 0 spiro atoms. The Morgan fingerprint density at radius 1 is 0.971 bits per heavy atom. The van der Waals surface area contributed by atoms with Crippen LogP contribution in [0, 0.1) is 20.8 Å². The third kappa shape index (κ3) is 7.22. The molecule has 3 rings (SSSR count). The summed E-state index contributed by atoms with van der Waals surface area (Å²) >= 11 is 0. The summed E-state index contributed by atoms with van der Waals surface area (Å²) < 4.78 is 29.7. The van der Waals surface area contributed by atoms with E-state index in [0.29, 0.717) is 26.2 Å². The van der Waals surface area contributed by atoms with Crippen LogP contribution in [0.4, 0.5) is 14.5 Å². The van der Waals surface area contributed by atoms with Gasteiger partial charge in [-0.1, -0.05) is 29.8 Å². The fraction of sp³-hybridized carbons (Fsp3) is 0.400. The highest BCUT2D eigenvalue weighted by molar-refractivity contribution is 5.97. The first-order valence-corrected chi connectivity index (χ1v) is 11.3. The number of halogens is 2. The van der Waals surface area contributed by atoms with Gasteiger partial charge < -0.3 is 20.3 Å². The van der Waals surface area contributed by atoms with E-state index in [1.165, 1.54) is 18.2 Å². The zero-order chi connectivity index (χ0) is 25.5. The summed E-state index contributed by atoms with van der Waals surface area (Å²) in [6, 6.07) is 9.85. The van der Waals surface area contributed by atoms with Crippen molar-refractivity contribution in [3.8, 4) is 5.75 Å². The second-order valence-electron chi connectivity index (χ2n) is 8.54. The Labute approximate surface area is 203 Å². The number of hydrogen-bond donors (Lipinski definition) is 2. The van der Waals surface area contributed by atoms with Crippen molar-refractivity contribution in [3.63, 3.8) is 0 Å². The maximum atomic E-state index is 12.8. The van der Waals surface area contributed by atoms with Gasteiger partial charge in [-0.25, -0.2) is 0 Å². The summed E-state index contributed by atoms with van der Waals surface area (Å²) in [4.78, 5) is 40.8. The zero-order valence-electron chi connectivity index (χ0n) is 20.1. The van der Waals surface area contributed by atoms with Crippen LogP contribution in [0.1, 0.15) is 27.0 Å². The molecule has 0 aromatic heterocycles. The number of anilines is 1. The molecule has 35 heavy (non-hydrogen) atoms. The molecule has 2 N–H and O–H groups in total. The molecule has 188 valence electrons. The second kappa shape index (κ2) is 11.7. The van der Waals surface area contributed by atoms with Crippen molar-refractivity contribution >= 4 is 23.4 Å². The molecular formula is C25H30F2N4O4. The van der Waals surface area contributed by atoms with Crippen LogP contribution in [0.2, 0.25) is 0 Å². The predicted molar refractivity (Wildman–Crippen MR) is 128 cm³/mol. The van der Waals surface area contributed by atoms with E-state index in [4.69, 9.17) is 0 Å². The van der Waals surface area contributed by atoms with Crippen molar-refractivity contribution in [2.45, 2.75) is 27.4 Å². The normalized spacial score (nSPS) is 14.1. The largest absolute Gasteiger partial charge is 0.434 e. The maximum Gasteiger partial charge on any atom is 0.387 e. The number of rotatable bonds is 8. The van der Waals surface area contributed by atoms with Gasteiger partial charge in [0.1, 0.15) is 5.75 Å². The lowest BCUT2D eigenvalue weighted by atomic mass is 10.1. The molecule has 0 bridgehead atoms. The Morgan fingerprint density at radius 2 is 1.60 bits per heavy atom. The number of aryl methyl sites for hydroxylation is 3. The molecule has 2 aromatic carbocycles. The lowest BCUT2D eigenvalue weighted by Crippen LogP contribution is -2.51. The third-order valence-electron chi connectivity index (χ3n) is 5.75. The molecule has 0 aliphatic carbocycles. The average molecular weight is 489 g/mol. The highest BCUT2D eigenvalue weighted by atomic mass is 19.3. The minimum atomic E-state index is -3.02. The molecule has 10 heteroatoms. The van der Waals surface area contributed by atoms with Crippen LogP contribution in [-0.2, 0) is 9.59 Å². The molecule has 1 aliphatic heterocycles. The van der Waals surface area contributed by atoms with Crippen LogP contribution < -0.4 is 15.4 Å². The number of alkyl halides is 2. The van der Waals surface area contributed by atoms with Gasteiger partial charge in [-0.3, -0.25) is 19.3 Å².